The fraction of sp³-hybridized carbons (Fsp3) is 0.545. The number of hydrogen-bond acceptors (Lipinski definition) is 7. The normalized spacial score (nSPS) is 21.1. The lowest BCUT2D eigenvalue weighted by Crippen LogP contribution is -2.53. The van der Waals surface area contributed by atoms with Crippen LogP contribution >= 0.6 is 11.3 Å². The zero-order chi connectivity index (χ0) is 22.2. The van der Waals surface area contributed by atoms with Gasteiger partial charge in [0.15, 0.2) is 10.8 Å². The Bertz CT molecular complexity index is 961. The first-order chi connectivity index (χ1) is 14.8. The summed E-state index contributed by atoms with van der Waals surface area (Å²) in [5.74, 6) is 0.845. The number of alkyl halides is 2. The predicted molar refractivity (Wildman–Crippen MR) is 121 cm³/mol. The number of thiazole rings is 1. The summed E-state index contributed by atoms with van der Waals surface area (Å²) in [5, 5.41) is 3.67. The highest BCUT2D eigenvalue weighted by atomic mass is 32.1. The molecule has 2 aliphatic rings. The molecule has 0 spiro atoms. The molecule has 1 aromatic carbocycles. The van der Waals surface area contributed by atoms with Crippen molar-refractivity contribution in [2.24, 2.45) is 22.1 Å². The highest BCUT2D eigenvalue weighted by Gasteiger charge is 2.41. The zero-order valence-corrected chi connectivity index (χ0v) is 18.9. The highest BCUT2D eigenvalue weighted by Crippen LogP contribution is 2.43. The number of amidine groups is 1. The van der Waals surface area contributed by atoms with E-state index in [0.29, 0.717) is 29.7 Å². The molecule has 168 valence electrons. The van der Waals surface area contributed by atoms with Gasteiger partial charge in [0.05, 0.1) is 11.4 Å². The van der Waals surface area contributed by atoms with E-state index in [-0.39, 0.29) is 22.4 Å². The largest absolute Gasteiger partial charge is 0.385 e. The van der Waals surface area contributed by atoms with E-state index in [4.69, 9.17) is 15.5 Å². The molecule has 2 aromatic rings. The van der Waals surface area contributed by atoms with Crippen molar-refractivity contribution in [2.45, 2.75) is 39.2 Å². The van der Waals surface area contributed by atoms with Crippen molar-refractivity contribution in [3.63, 3.8) is 0 Å². The average Bonchev–Trinajstić information content (AvgIpc) is 3.09. The molecule has 3 heterocycles. The van der Waals surface area contributed by atoms with Crippen LogP contribution < -0.4 is 11.1 Å². The molecule has 0 radical (unpaired) electrons. The molecule has 0 amide bonds. The number of aromatic nitrogens is 1. The maximum atomic E-state index is 13.4. The smallest absolute Gasteiger partial charge is 0.289 e. The van der Waals surface area contributed by atoms with Crippen LogP contribution in [0.4, 0.5) is 25.2 Å². The summed E-state index contributed by atoms with van der Waals surface area (Å²) < 4.78 is 32.1. The maximum absolute atomic E-state index is 13.4. The SMILES string of the molecule is COCC[C@H](N)C1CN(C2=Nc3ccccc3Nc3sc(C(F)F)nc32)CCC1(C)C. The fourth-order valence-corrected chi connectivity index (χ4v) is 5.23. The van der Waals surface area contributed by atoms with Gasteiger partial charge in [-0.2, -0.15) is 0 Å². The van der Waals surface area contributed by atoms with Gasteiger partial charge in [-0.3, -0.25) is 0 Å². The Morgan fingerprint density at radius 2 is 2.13 bits per heavy atom. The van der Waals surface area contributed by atoms with Crippen LogP contribution in [0.25, 0.3) is 0 Å². The minimum absolute atomic E-state index is 0.0268. The number of benzene rings is 1. The number of aliphatic imine (C=N–C) groups is 1. The molecular weight excluding hydrogens is 420 g/mol. The summed E-state index contributed by atoms with van der Waals surface area (Å²) in [6.07, 6.45) is -0.925. The van der Waals surface area contributed by atoms with Gasteiger partial charge in [-0.1, -0.05) is 37.3 Å². The first kappa shape index (κ1) is 22.1. The Balaban J connectivity index is 1.72. The number of halogens is 2. The molecule has 0 aliphatic carbocycles. The molecular formula is C22H29F2N5OS. The van der Waals surface area contributed by atoms with E-state index in [1.807, 2.05) is 24.3 Å². The molecule has 2 aliphatic heterocycles. The van der Waals surface area contributed by atoms with Crippen molar-refractivity contribution in [3.05, 3.63) is 35.0 Å². The molecule has 9 heteroatoms. The lowest BCUT2D eigenvalue weighted by molar-refractivity contribution is 0.0670. The number of anilines is 2. The molecule has 1 fully saturated rings. The van der Waals surface area contributed by atoms with E-state index in [0.717, 1.165) is 42.1 Å². The Morgan fingerprint density at radius 1 is 1.35 bits per heavy atom. The van der Waals surface area contributed by atoms with E-state index in [9.17, 15) is 8.78 Å². The lowest BCUT2D eigenvalue weighted by atomic mass is 9.69. The summed E-state index contributed by atoms with van der Waals surface area (Å²) in [6, 6.07) is 7.61. The maximum Gasteiger partial charge on any atom is 0.289 e. The molecule has 0 bridgehead atoms. The molecule has 31 heavy (non-hydrogen) atoms. The van der Waals surface area contributed by atoms with E-state index in [2.05, 4.69) is 29.0 Å². The first-order valence-electron chi connectivity index (χ1n) is 10.5. The van der Waals surface area contributed by atoms with E-state index in [1.165, 1.54) is 0 Å². The van der Waals surface area contributed by atoms with Crippen LogP contribution in [0.2, 0.25) is 0 Å². The van der Waals surface area contributed by atoms with Crippen LogP contribution in [0.15, 0.2) is 29.3 Å². The minimum atomic E-state index is -2.62. The molecule has 2 atom stereocenters. The second-order valence-corrected chi connectivity index (χ2v) is 9.88. The number of hydrogen-bond donors (Lipinski definition) is 2. The van der Waals surface area contributed by atoms with Gasteiger partial charge >= 0.3 is 0 Å². The summed E-state index contributed by atoms with van der Waals surface area (Å²) in [5.41, 5.74) is 8.68. The van der Waals surface area contributed by atoms with E-state index < -0.39 is 6.43 Å². The van der Waals surface area contributed by atoms with Crippen LogP contribution in [-0.2, 0) is 4.74 Å². The highest BCUT2D eigenvalue weighted by molar-refractivity contribution is 7.16. The number of piperidine rings is 1. The van der Waals surface area contributed by atoms with Gasteiger partial charge < -0.3 is 20.7 Å². The van der Waals surface area contributed by atoms with Gasteiger partial charge in [0.2, 0.25) is 0 Å². The second kappa shape index (κ2) is 8.80. The Kier molecular flexibility index (Phi) is 6.27. The Hall–Kier alpha value is -2.10. The lowest BCUT2D eigenvalue weighted by Gasteiger charge is -2.47. The van der Waals surface area contributed by atoms with E-state index in [1.54, 1.807) is 7.11 Å². The summed E-state index contributed by atoms with van der Waals surface area (Å²) in [4.78, 5) is 11.3. The number of rotatable bonds is 5. The molecule has 4 rings (SSSR count). The molecule has 1 unspecified atom stereocenters. The van der Waals surface area contributed by atoms with Gasteiger partial charge in [0.1, 0.15) is 10.7 Å². The Morgan fingerprint density at radius 3 is 2.87 bits per heavy atom. The standard InChI is InChI=1S/C22H29F2N5OS/c1-22(2)9-10-29(12-13(22)14(25)8-11-30-3)19-17-20(31-21(28-17)18(23)24)27-16-7-5-4-6-15(16)26-19/h4-7,13-14,18,27H,8-12,25H2,1-3H3/t13?,14-/m0/s1. The van der Waals surface area contributed by atoms with Gasteiger partial charge in [-0.25, -0.2) is 18.8 Å². The summed E-state index contributed by atoms with van der Waals surface area (Å²) in [6.45, 7) is 6.56. The molecule has 1 saturated heterocycles. The predicted octanol–water partition coefficient (Wildman–Crippen LogP) is 4.93. The topological polar surface area (TPSA) is 75.8 Å². The van der Waals surface area contributed by atoms with Crippen molar-refractivity contribution < 1.29 is 13.5 Å². The number of nitrogens with one attached hydrogen (secondary N) is 1. The van der Waals surface area contributed by atoms with Gasteiger partial charge in [0, 0.05) is 32.8 Å². The number of ether oxygens (including phenoxy) is 1. The molecule has 1 aromatic heterocycles. The van der Waals surface area contributed by atoms with Crippen LogP contribution in [0, 0.1) is 11.3 Å². The van der Waals surface area contributed by atoms with Crippen LogP contribution in [0.5, 0.6) is 0 Å². The third kappa shape index (κ3) is 4.44. The number of nitrogens with zero attached hydrogens (tertiary/aromatic N) is 3. The zero-order valence-electron chi connectivity index (χ0n) is 18.1. The van der Waals surface area contributed by atoms with Gasteiger partial charge in [-0.15, -0.1) is 0 Å². The fourth-order valence-electron chi connectivity index (χ4n) is 4.40. The third-order valence-electron chi connectivity index (χ3n) is 6.34. The third-order valence-corrected chi connectivity index (χ3v) is 7.32. The average molecular weight is 450 g/mol. The van der Waals surface area contributed by atoms with Gasteiger partial charge in [-0.05, 0) is 36.3 Å². The number of fused-ring (bicyclic) bond motifs is 2. The van der Waals surface area contributed by atoms with Crippen molar-refractivity contribution in [1.82, 2.24) is 9.88 Å². The van der Waals surface area contributed by atoms with Crippen molar-refractivity contribution in [2.75, 3.05) is 32.1 Å². The van der Waals surface area contributed by atoms with Crippen molar-refractivity contribution >= 4 is 33.5 Å². The number of methoxy groups -OCH3 is 1. The molecule has 3 N–H and O–H groups in total. The van der Waals surface area contributed by atoms with Gasteiger partial charge in [0.25, 0.3) is 6.43 Å². The quantitative estimate of drug-likeness (QED) is 0.677. The Labute approximate surface area is 185 Å². The molecule has 0 saturated carbocycles. The van der Waals surface area contributed by atoms with Crippen molar-refractivity contribution in [3.8, 4) is 0 Å². The second-order valence-electron chi connectivity index (χ2n) is 8.84. The number of nitrogens with two attached hydrogens (primary N) is 1. The van der Waals surface area contributed by atoms with E-state index >= 15 is 0 Å². The van der Waals surface area contributed by atoms with Crippen molar-refractivity contribution in [1.29, 1.82) is 0 Å². The summed E-state index contributed by atoms with van der Waals surface area (Å²) in [7, 11) is 1.68. The molecule has 6 nitrogen and oxygen atoms in total. The number of para-hydroxylation sites is 2. The van der Waals surface area contributed by atoms with Crippen LogP contribution in [-0.4, -0.2) is 48.6 Å². The summed E-state index contributed by atoms with van der Waals surface area (Å²) >= 11 is 0.985. The minimum Gasteiger partial charge on any atom is -0.385 e. The van der Waals surface area contributed by atoms with Crippen LogP contribution in [0.1, 0.15) is 43.8 Å². The van der Waals surface area contributed by atoms with Crippen LogP contribution in [0.3, 0.4) is 0 Å². The first-order valence-corrected chi connectivity index (χ1v) is 11.4. The number of likely N-dealkylation sites (tertiary alicyclic amines) is 1. The monoisotopic (exact) mass is 449 g/mol.